The summed E-state index contributed by atoms with van der Waals surface area (Å²) in [5.41, 5.74) is 6.07. The van der Waals surface area contributed by atoms with Crippen LogP contribution in [-0.2, 0) is 0 Å². The quantitative estimate of drug-likeness (QED) is 0.772. The Morgan fingerprint density at radius 1 is 1.24 bits per heavy atom. The highest BCUT2D eigenvalue weighted by molar-refractivity contribution is 4.82. The zero-order valence-electron chi connectivity index (χ0n) is 12.3. The molecule has 0 spiro atoms. The Balaban J connectivity index is 2.50. The smallest absolute Gasteiger partial charge is 0.00952 e. The average molecular weight is 240 g/mol. The standard InChI is InChI=1S/C15H32N2/c1-5-12(3)10-15(6-2)17-9-7-8-14(11-17)13(4)16/h12-15H,5-11,16H2,1-4H3. The number of piperidine rings is 1. The van der Waals surface area contributed by atoms with Gasteiger partial charge in [0.15, 0.2) is 0 Å². The molecule has 0 amide bonds. The highest BCUT2D eigenvalue weighted by Crippen LogP contribution is 2.25. The van der Waals surface area contributed by atoms with Crippen LogP contribution in [0.3, 0.4) is 0 Å². The Labute approximate surface area is 108 Å². The summed E-state index contributed by atoms with van der Waals surface area (Å²) < 4.78 is 0. The van der Waals surface area contributed by atoms with E-state index in [1.807, 2.05) is 0 Å². The molecule has 1 aliphatic rings. The van der Waals surface area contributed by atoms with Crippen LogP contribution in [0.25, 0.3) is 0 Å². The summed E-state index contributed by atoms with van der Waals surface area (Å²) in [6.45, 7) is 11.7. The lowest BCUT2D eigenvalue weighted by Crippen LogP contribution is -2.47. The molecule has 0 aliphatic carbocycles. The minimum absolute atomic E-state index is 0.360. The van der Waals surface area contributed by atoms with Crippen LogP contribution in [0.1, 0.15) is 59.8 Å². The van der Waals surface area contributed by atoms with Gasteiger partial charge >= 0.3 is 0 Å². The van der Waals surface area contributed by atoms with Gasteiger partial charge in [0, 0.05) is 18.6 Å². The number of nitrogens with zero attached hydrogens (tertiary/aromatic N) is 1. The van der Waals surface area contributed by atoms with Gasteiger partial charge in [-0.2, -0.15) is 0 Å². The summed E-state index contributed by atoms with van der Waals surface area (Å²) in [7, 11) is 0. The van der Waals surface area contributed by atoms with Crippen LogP contribution in [0.15, 0.2) is 0 Å². The van der Waals surface area contributed by atoms with Crippen molar-refractivity contribution in [2.75, 3.05) is 13.1 Å². The first-order chi connectivity index (χ1) is 8.08. The van der Waals surface area contributed by atoms with Gasteiger partial charge in [-0.15, -0.1) is 0 Å². The van der Waals surface area contributed by atoms with Gasteiger partial charge in [0.1, 0.15) is 0 Å². The second-order valence-electron chi connectivity index (χ2n) is 6.07. The lowest BCUT2D eigenvalue weighted by molar-refractivity contribution is 0.0967. The molecule has 102 valence electrons. The lowest BCUT2D eigenvalue weighted by Gasteiger charge is -2.40. The van der Waals surface area contributed by atoms with Gasteiger partial charge in [0.2, 0.25) is 0 Å². The third kappa shape index (κ3) is 4.59. The molecule has 0 aromatic rings. The zero-order chi connectivity index (χ0) is 12.8. The van der Waals surface area contributed by atoms with Crippen LogP contribution in [0.2, 0.25) is 0 Å². The third-order valence-corrected chi connectivity index (χ3v) is 4.59. The van der Waals surface area contributed by atoms with Crippen molar-refractivity contribution in [2.24, 2.45) is 17.6 Å². The van der Waals surface area contributed by atoms with Gasteiger partial charge in [0.05, 0.1) is 0 Å². The van der Waals surface area contributed by atoms with Crippen molar-refractivity contribution < 1.29 is 0 Å². The second-order valence-corrected chi connectivity index (χ2v) is 6.07. The van der Waals surface area contributed by atoms with Crippen LogP contribution >= 0.6 is 0 Å². The Bertz CT molecular complexity index is 203. The molecular weight excluding hydrogens is 208 g/mol. The van der Waals surface area contributed by atoms with E-state index in [4.69, 9.17) is 5.73 Å². The highest BCUT2D eigenvalue weighted by Gasteiger charge is 2.27. The molecule has 17 heavy (non-hydrogen) atoms. The molecule has 2 heteroatoms. The highest BCUT2D eigenvalue weighted by atomic mass is 15.2. The Morgan fingerprint density at radius 3 is 2.47 bits per heavy atom. The monoisotopic (exact) mass is 240 g/mol. The van der Waals surface area contributed by atoms with Gasteiger partial charge in [-0.25, -0.2) is 0 Å². The predicted molar refractivity (Wildman–Crippen MR) is 76.1 cm³/mol. The lowest BCUT2D eigenvalue weighted by atomic mass is 9.89. The SMILES string of the molecule is CCC(C)CC(CC)N1CCCC(C(C)N)C1. The van der Waals surface area contributed by atoms with E-state index < -0.39 is 0 Å². The van der Waals surface area contributed by atoms with Crippen molar-refractivity contribution in [1.29, 1.82) is 0 Å². The Hall–Kier alpha value is -0.0800. The number of nitrogens with two attached hydrogens (primary N) is 1. The molecule has 0 saturated carbocycles. The molecule has 4 atom stereocenters. The van der Waals surface area contributed by atoms with Crippen molar-refractivity contribution in [3.8, 4) is 0 Å². The van der Waals surface area contributed by atoms with Gasteiger partial charge in [-0.05, 0) is 51.0 Å². The normalized spacial score (nSPS) is 27.7. The fourth-order valence-electron chi connectivity index (χ4n) is 3.01. The molecule has 1 fully saturated rings. The van der Waals surface area contributed by atoms with Gasteiger partial charge in [-0.1, -0.05) is 27.2 Å². The molecule has 4 unspecified atom stereocenters. The summed E-state index contributed by atoms with van der Waals surface area (Å²) >= 11 is 0. The molecule has 0 radical (unpaired) electrons. The molecule has 1 rings (SSSR count). The van der Waals surface area contributed by atoms with E-state index in [1.165, 1.54) is 45.2 Å². The van der Waals surface area contributed by atoms with E-state index in [1.54, 1.807) is 0 Å². The summed E-state index contributed by atoms with van der Waals surface area (Å²) in [5.74, 6) is 1.57. The largest absolute Gasteiger partial charge is 0.328 e. The maximum atomic E-state index is 6.07. The summed E-state index contributed by atoms with van der Waals surface area (Å²) in [4.78, 5) is 2.71. The first kappa shape index (κ1) is 15.0. The molecule has 1 saturated heterocycles. The van der Waals surface area contributed by atoms with Crippen LogP contribution in [0.4, 0.5) is 0 Å². The van der Waals surface area contributed by atoms with Crippen molar-refractivity contribution in [3.63, 3.8) is 0 Å². The maximum absolute atomic E-state index is 6.07. The van der Waals surface area contributed by atoms with Crippen molar-refractivity contribution in [2.45, 2.75) is 71.9 Å². The predicted octanol–water partition coefficient (Wildman–Crippen LogP) is 3.26. The van der Waals surface area contributed by atoms with Crippen molar-refractivity contribution >= 4 is 0 Å². The van der Waals surface area contributed by atoms with Crippen LogP contribution in [0, 0.1) is 11.8 Å². The number of likely N-dealkylation sites (tertiary alicyclic amines) is 1. The van der Waals surface area contributed by atoms with E-state index in [0.29, 0.717) is 6.04 Å². The summed E-state index contributed by atoms with van der Waals surface area (Å²) in [5, 5.41) is 0. The molecule has 1 aliphatic heterocycles. The van der Waals surface area contributed by atoms with E-state index in [9.17, 15) is 0 Å². The van der Waals surface area contributed by atoms with E-state index >= 15 is 0 Å². The van der Waals surface area contributed by atoms with E-state index in [0.717, 1.165) is 17.9 Å². The van der Waals surface area contributed by atoms with Crippen LogP contribution < -0.4 is 5.73 Å². The molecular formula is C15H32N2. The maximum Gasteiger partial charge on any atom is 0.00952 e. The summed E-state index contributed by atoms with van der Waals surface area (Å²) in [6.07, 6.45) is 6.62. The number of hydrogen-bond donors (Lipinski definition) is 1. The van der Waals surface area contributed by atoms with E-state index in [-0.39, 0.29) is 0 Å². The number of hydrogen-bond acceptors (Lipinski definition) is 2. The second kappa shape index (κ2) is 7.38. The van der Waals surface area contributed by atoms with Crippen molar-refractivity contribution in [3.05, 3.63) is 0 Å². The van der Waals surface area contributed by atoms with Gasteiger partial charge in [0.25, 0.3) is 0 Å². The number of rotatable bonds is 6. The van der Waals surface area contributed by atoms with Gasteiger partial charge in [-0.3, -0.25) is 0 Å². The molecule has 1 heterocycles. The van der Waals surface area contributed by atoms with E-state index in [2.05, 4.69) is 32.6 Å². The minimum atomic E-state index is 0.360. The van der Waals surface area contributed by atoms with Crippen molar-refractivity contribution in [1.82, 2.24) is 4.90 Å². The molecule has 0 aromatic heterocycles. The first-order valence-corrected chi connectivity index (χ1v) is 7.58. The topological polar surface area (TPSA) is 29.3 Å². The minimum Gasteiger partial charge on any atom is -0.328 e. The molecule has 2 N–H and O–H groups in total. The zero-order valence-corrected chi connectivity index (χ0v) is 12.3. The average Bonchev–Trinajstić information content (AvgIpc) is 2.35. The first-order valence-electron chi connectivity index (χ1n) is 7.58. The van der Waals surface area contributed by atoms with Crippen LogP contribution in [-0.4, -0.2) is 30.1 Å². The fraction of sp³-hybridized carbons (Fsp3) is 1.00. The molecule has 0 aromatic carbocycles. The van der Waals surface area contributed by atoms with Gasteiger partial charge < -0.3 is 10.6 Å². The third-order valence-electron chi connectivity index (χ3n) is 4.59. The Kier molecular flexibility index (Phi) is 6.50. The fourth-order valence-corrected chi connectivity index (χ4v) is 3.01. The van der Waals surface area contributed by atoms with Crippen LogP contribution in [0.5, 0.6) is 0 Å². The Morgan fingerprint density at radius 2 is 1.94 bits per heavy atom. The molecule has 0 bridgehead atoms. The summed E-state index contributed by atoms with van der Waals surface area (Å²) in [6, 6.07) is 1.14. The molecule has 2 nitrogen and oxygen atoms in total.